The number of aliphatic carboxylic acids is 1. The van der Waals surface area contributed by atoms with Crippen molar-refractivity contribution < 1.29 is 9.90 Å². The zero-order chi connectivity index (χ0) is 10.1. The van der Waals surface area contributed by atoms with Gasteiger partial charge in [0.25, 0.3) is 0 Å². The molecule has 0 fully saturated rings. The van der Waals surface area contributed by atoms with Crippen LogP contribution in [0.4, 0.5) is 0 Å². The molecule has 0 aliphatic rings. The van der Waals surface area contributed by atoms with Gasteiger partial charge in [0.05, 0.1) is 5.69 Å². The maximum Gasteiger partial charge on any atom is 0.315 e. The molecule has 0 aliphatic carbocycles. The van der Waals surface area contributed by atoms with Gasteiger partial charge < -0.3 is 5.11 Å². The number of carboxylic acid groups (broad SMARTS) is 1. The van der Waals surface area contributed by atoms with E-state index in [1.807, 2.05) is 0 Å². The molecular formula is C9H10BNO2. The van der Waals surface area contributed by atoms with Crippen LogP contribution < -0.4 is 5.59 Å². The van der Waals surface area contributed by atoms with Crippen molar-refractivity contribution in [3.8, 4) is 0 Å². The molecule has 0 unspecified atom stereocenters. The molecule has 0 saturated heterocycles. The summed E-state index contributed by atoms with van der Waals surface area (Å²) in [5.74, 6) is -0.911. The number of rotatable bonds is 2. The highest BCUT2D eigenvalue weighted by Crippen LogP contribution is 2.19. The summed E-state index contributed by atoms with van der Waals surface area (Å²) in [4.78, 5) is 14.8. The minimum absolute atomic E-state index is 0.340. The Morgan fingerprint density at radius 3 is 2.62 bits per heavy atom. The number of hydrogen-bond donors (Lipinski definition) is 1. The fourth-order valence-corrected chi connectivity index (χ4v) is 0.909. The quantitative estimate of drug-likeness (QED) is 0.654. The lowest BCUT2D eigenvalue weighted by molar-refractivity contribution is -0.142. The van der Waals surface area contributed by atoms with E-state index in [0.29, 0.717) is 11.3 Å². The van der Waals surface area contributed by atoms with Gasteiger partial charge >= 0.3 is 5.97 Å². The molecule has 0 atom stereocenters. The van der Waals surface area contributed by atoms with Crippen molar-refractivity contribution in [1.29, 1.82) is 0 Å². The van der Waals surface area contributed by atoms with Crippen molar-refractivity contribution in [1.82, 2.24) is 4.98 Å². The molecule has 13 heavy (non-hydrogen) atoms. The van der Waals surface area contributed by atoms with E-state index < -0.39 is 11.4 Å². The van der Waals surface area contributed by atoms with Crippen molar-refractivity contribution in [2.75, 3.05) is 0 Å². The van der Waals surface area contributed by atoms with E-state index in [1.54, 1.807) is 32.0 Å². The van der Waals surface area contributed by atoms with Gasteiger partial charge in [-0.15, -0.1) is 0 Å². The van der Waals surface area contributed by atoms with Crippen molar-refractivity contribution in [2.45, 2.75) is 19.3 Å². The normalized spacial score (nSPS) is 11.2. The van der Waals surface area contributed by atoms with Crippen molar-refractivity contribution in [3.05, 3.63) is 23.9 Å². The molecule has 0 bridgehead atoms. The van der Waals surface area contributed by atoms with E-state index in [2.05, 4.69) is 4.98 Å². The molecule has 0 amide bonds. The van der Waals surface area contributed by atoms with Crippen LogP contribution in [0.25, 0.3) is 0 Å². The van der Waals surface area contributed by atoms with Crippen LogP contribution in [0.1, 0.15) is 19.5 Å². The second kappa shape index (κ2) is 3.20. The van der Waals surface area contributed by atoms with Crippen LogP contribution in [0.5, 0.6) is 0 Å². The smallest absolute Gasteiger partial charge is 0.315 e. The molecule has 2 radical (unpaired) electrons. The summed E-state index contributed by atoms with van der Waals surface area (Å²) in [6.45, 7) is 3.19. The third-order valence-corrected chi connectivity index (χ3v) is 1.95. The Morgan fingerprint density at radius 1 is 1.54 bits per heavy atom. The highest BCUT2D eigenvalue weighted by molar-refractivity contribution is 6.30. The lowest BCUT2D eigenvalue weighted by atomic mass is 9.88. The molecule has 1 rings (SSSR count). The Labute approximate surface area is 78.2 Å². The summed E-state index contributed by atoms with van der Waals surface area (Å²) in [6.07, 6.45) is 0. The van der Waals surface area contributed by atoms with Crippen LogP contribution >= 0.6 is 0 Å². The van der Waals surface area contributed by atoms with Gasteiger partial charge in [0, 0.05) is 0 Å². The molecule has 1 aromatic heterocycles. The first-order valence-electron chi connectivity index (χ1n) is 3.91. The minimum atomic E-state index is -0.991. The fourth-order valence-electron chi connectivity index (χ4n) is 0.909. The van der Waals surface area contributed by atoms with Gasteiger partial charge in [-0.25, -0.2) is 0 Å². The second-order valence-electron chi connectivity index (χ2n) is 3.38. The highest BCUT2D eigenvalue weighted by Gasteiger charge is 2.30. The first-order valence-corrected chi connectivity index (χ1v) is 3.91. The van der Waals surface area contributed by atoms with Crippen LogP contribution in [-0.4, -0.2) is 23.9 Å². The Hall–Kier alpha value is -1.32. The van der Waals surface area contributed by atoms with Crippen molar-refractivity contribution in [2.24, 2.45) is 0 Å². The molecular weight excluding hydrogens is 165 g/mol. The highest BCUT2D eigenvalue weighted by atomic mass is 16.4. The molecule has 1 aromatic rings. The molecule has 4 heteroatoms. The summed E-state index contributed by atoms with van der Waals surface area (Å²) in [6, 6.07) is 4.98. The molecule has 1 heterocycles. The zero-order valence-electron chi connectivity index (χ0n) is 7.61. The SMILES string of the molecule is [B]c1cccc(C(C)(C)C(=O)O)n1. The number of hydrogen-bond acceptors (Lipinski definition) is 2. The zero-order valence-corrected chi connectivity index (χ0v) is 7.61. The largest absolute Gasteiger partial charge is 0.481 e. The standard InChI is InChI=1S/C9H10BNO2/c1-9(2,8(12)13)6-4-3-5-7(10)11-6/h3-5H,1-2H3,(H,12,13). The molecule has 0 saturated carbocycles. The first kappa shape index (κ1) is 9.77. The number of carbonyl (C=O) groups is 1. The van der Waals surface area contributed by atoms with E-state index >= 15 is 0 Å². The Morgan fingerprint density at radius 2 is 2.15 bits per heavy atom. The summed E-state index contributed by atoms with van der Waals surface area (Å²) in [5, 5.41) is 8.90. The van der Waals surface area contributed by atoms with Crippen LogP contribution in [-0.2, 0) is 10.2 Å². The maximum absolute atomic E-state index is 10.9. The van der Waals surface area contributed by atoms with Gasteiger partial charge in [-0.2, -0.15) is 0 Å². The summed E-state index contributed by atoms with van der Waals surface area (Å²) < 4.78 is 0. The van der Waals surface area contributed by atoms with Crippen LogP contribution in [0.2, 0.25) is 0 Å². The van der Waals surface area contributed by atoms with Crippen molar-refractivity contribution >= 4 is 19.4 Å². The molecule has 0 spiro atoms. The molecule has 1 N–H and O–H groups in total. The van der Waals surface area contributed by atoms with E-state index in [1.165, 1.54) is 0 Å². The van der Waals surface area contributed by atoms with Gasteiger partial charge in [0.15, 0.2) is 0 Å². The predicted molar refractivity (Wildman–Crippen MR) is 50.3 cm³/mol. The third-order valence-electron chi connectivity index (χ3n) is 1.95. The maximum atomic E-state index is 10.9. The van der Waals surface area contributed by atoms with Gasteiger partial charge in [0.1, 0.15) is 13.3 Å². The lowest BCUT2D eigenvalue weighted by Crippen LogP contribution is -2.31. The minimum Gasteiger partial charge on any atom is -0.481 e. The van der Waals surface area contributed by atoms with E-state index in [0.717, 1.165) is 0 Å². The lowest BCUT2D eigenvalue weighted by Gasteiger charge is -2.18. The summed E-state index contributed by atoms with van der Waals surface area (Å²) in [7, 11) is 5.45. The Balaban J connectivity index is 3.14. The first-order chi connectivity index (χ1) is 5.94. The monoisotopic (exact) mass is 175 g/mol. The Bertz CT molecular complexity index is 336. The second-order valence-corrected chi connectivity index (χ2v) is 3.38. The predicted octanol–water partition coefficient (Wildman–Crippen LogP) is 0.238. The third kappa shape index (κ3) is 1.88. The van der Waals surface area contributed by atoms with Crippen molar-refractivity contribution in [3.63, 3.8) is 0 Å². The fraction of sp³-hybridized carbons (Fsp3) is 0.333. The molecule has 3 nitrogen and oxygen atoms in total. The number of carboxylic acids is 1. The van der Waals surface area contributed by atoms with Gasteiger partial charge in [0.2, 0.25) is 0 Å². The topological polar surface area (TPSA) is 50.2 Å². The average molecular weight is 175 g/mol. The molecule has 0 aliphatic heterocycles. The summed E-state index contributed by atoms with van der Waals surface area (Å²) in [5.41, 5.74) is -0.179. The average Bonchev–Trinajstić information content (AvgIpc) is 2.04. The van der Waals surface area contributed by atoms with Crippen LogP contribution in [0, 0.1) is 0 Å². The number of nitrogens with zero attached hydrogens (tertiary/aromatic N) is 1. The van der Waals surface area contributed by atoms with Crippen LogP contribution in [0.15, 0.2) is 18.2 Å². The van der Waals surface area contributed by atoms with Gasteiger partial charge in [-0.3, -0.25) is 9.78 Å². The van der Waals surface area contributed by atoms with Gasteiger partial charge in [-0.05, 0) is 25.5 Å². The molecule has 0 aromatic carbocycles. The molecule has 66 valence electrons. The summed E-state index contributed by atoms with van der Waals surface area (Å²) >= 11 is 0. The number of aromatic nitrogens is 1. The van der Waals surface area contributed by atoms with Crippen LogP contribution in [0.3, 0.4) is 0 Å². The van der Waals surface area contributed by atoms with Gasteiger partial charge in [-0.1, -0.05) is 12.1 Å². The van der Waals surface area contributed by atoms with E-state index in [4.69, 9.17) is 13.0 Å². The number of pyridine rings is 1. The van der Waals surface area contributed by atoms with E-state index in [9.17, 15) is 4.79 Å². The Kier molecular flexibility index (Phi) is 2.41. The van der Waals surface area contributed by atoms with E-state index in [-0.39, 0.29) is 0 Å².